The topological polar surface area (TPSA) is 101 Å². The molecule has 1 heterocycles. The molecule has 0 spiro atoms. The highest BCUT2D eigenvalue weighted by atomic mass is 32.2. The fourth-order valence-electron chi connectivity index (χ4n) is 1.15. The molecule has 80 valence electrons. The van der Waals surface area contributed by atoms with Crippen LogP contribution in [0.4, 0.5) is 0 Å². The predicted octanol–water partition coefficient (Wildman–Crippen LogP) is -0.525. The van der Waals surface area contributed by atoms with Gasteiger partial charge in [0.05, 0.1) is 0 Å². The van der Waals surface area contributed by atoms with E-state index in [2.05, 4.69) is 14.9 Å². The zero-order chi connectivity index (χ0) is 10.8. The monoisotopic (exact) mass is 218 g/mol. The summed E-state index contributed by atoms with van der Waals surface area (Å²) in [4.78, 5) is 0. The van der Waals surface area contributed by atoms with Crippen LogP contribution in [0.1, 0.15) is 18.2 Å². The molecule has 0 unspecified atom stereocenters. The van der Waals surface area contributed by atoms with Crippen molar-refractivity contribution in [3.8, 4) is 0 Å². The van der Waals surface area contributed by atoms with Crippen LogP contribution in [0.2, 0.25) is 0 Å². The average Bonchev–Trinajstić information content (AvgIpc) is 2.47. The Morgan fingerprint density at radius 3 is 2.71 bits per heavy atom. The Hall–Kier alpha value is -0.920. The third-order valence-corrected chi connectivity index (χ3v) is 3.34. The standard InChI is InChI=1S/C7H14N4O2S/c1-3-9-14(12,13)7-6(4-8)5(2)10-11-7/h9H,3-4,8H2,1-2H3,(H,10,11). The first kappa shape index (κ1) is 11.2. The van der Waals surface area contributed by atoms with Gasteiger partial charge in [-0.25, -0.2) is 13.1 Å². The normalized spacial score (nSPS) is 11.9. The zero-order valence-electron chi connectivity index (χ0n) is 8.16. The molecule has 4 N–H and O–H groups in total. The highest BCUT2D eigenvalue weighted by molar-refractivity contribution is 7.89. The van der Waals surface area contributed by atoms with E-state index in [4.69, 9.17) is 5.73 Å². The van der Waals surface area contributed by atoms with Crippen molar-refractivity contribution >= 4 is 10.0 Å². The highest BCUT2D eigenvalue weighted by Crippen LogP contribution is 2.14. The minimum absolute atomic E-state index is 0.000602. The van der Waals surface area contributed by atoms with Crippen LogP contribution in [-0.2, 0) is 16.6 Å². The van der Waals surface area contributed by atoms with E-state index in [9.17, 15) is 8.42 Å². The maximum absolute atomic E-state index is 11.6. The molecule has 0 aliphatic carbocycles. The van der Waals surface area contributed by atoms with Crippen molar-refractivity contribution in [3.05, 3.63) is 11.3 Å². The maximum atomic E-state index is 11.6. The summed E-state index contributed by atoms with van der Waals surface area (Å²) in [5.41, 5.74) is 6.65. The van der Waals surface area contributed by atoms with E-state index >= 15 is 0 Å². The van der Waals surface area contributed by atoms with Crippen molar-refractivity contribution < 1.29 is 8.42 Å². The summed E-state index contributed by atoms with van der Waals surface area (Å²) in [5.74, 6) is 0. The van der Waals surface area contributed by atoms with Gasteiger partial charge in [0.25, 0.3) is 10.0 Å². The van der Waals surface area contributed by atoms with E-state index in [0.717, 1.165) is 0 Å². The Balaban J connectivity index is 3.19. The fourth-order valence-corrected chi connectivity index (χ4v) is 2.39. The van der Waals surface area contributed by atoms with Gasteiger partial charge < -0.3 is 5.73 Å². The first-order chi connectivity index (χ1) is 6.53. The second kappa shape index (κ2) is 4.07. The van der Waals surface area contributed by atoms with Crippen LogP contribution in [0.3, 0.4) is 0 Å². The van der Waals surface area contributed by atoms with Gasteiger partial charge in [0.15, 0.2) is 5.03 Å². The molecule has 6 nitrogen and oxygen atoms in total. The molecule has 0 saturated heterocycles. The van der Waals surface area contributed by atoms with Crippen LogP contribution in [-0.4, -0.2) is 25.2 Å². The molecule has 0 aliphatic heterocycles. The van der Waals surface area contributed by atoms with Gasteiger partial charge in [-0.1, -0.05) is 6.92 Å². The van der Waals surface area contributed by atoms with E-state index in [1.165, 1.54) is 0 Å². The molecule has 14 heavy (non-hydrogen) atoms. The zero-order valence-corrected chi connectivity index (χ0v) is 8.98. The SMILES string of the molecule is CCNS(=O)(=O)c1n[nH]c(C)c1CN. The van der Waals surface area contributed by atoms with Crippen molar-refractivity contribution in [2.24, 2.45) is 5.73 Å². The Bertz CT molecular complexity index is 409. The van der Waals surface area contributed by atoms with Gasteiger partial charge in [-0.3, -0.25) is 5.10 Å². The molecule has 0 saturated carbocycles. The van der Waals surface area contributed by atoms with Crippen molar-refractivity contribution in [1.82, 2.24) is 14.9 Å². The molecule has 0 aromatic carbocycles. The quantitative estimate of drug-likeness (QED) is 0.632. The predicted molar refractivity (Wildman–Crippen MR) is 52.1 cm³/mol. The molecule has 0 aliphatic rings. The molecule has 0 radical (unpaired) electrons. The number of nitrogens with two attached hydrogens (primary N) is 1. The lowest BCUT2D eigenvalue weighted by molar-refractivity contribution is 0.578. The Kier molecular flexibility index (Phi) is 3.25. The lowest BCUT2D eigenvalue weighted by Gasteiger charge is -2.02. The third kappa shape index (κ3) is 1.94. The van der Waals surface area contributed by atoms with E-state index in [0.29, 0.717) is 17.8 Å². The minimum atomic E-state index is -3.50. The number of aryl methyl sites for hydroxylation is 1. The molecule has 1 aromatic rings. The van der Waals surface area contributed by atoms with Crippen LogP contribution >= 0.6 is 0 Å². The Labute approximate surface area is 82.9 Å². The average molecular weight is 218 g/mol. The number of aromatic amines is 1. The van der Waals surface area contributed by atoms with Gasteiger partial charge in [0.1, 0.15) is 0 Å². The summed E-state index contributed by atoms with van der Waals surface area (Å²) >= 11 is 0. The van der Waals surface area contributed by atoms with Crippen LogP contribution in [0.25, 0.3) is 0 Å². The van der Waals surface area contributed by atoms with E-state index < -0.39 is 10.0 Å². The summed E-state index contributed by atoms with van der Waals surface area (Å²) in [5, 5.41) is 6.32. The molecule has 0 bridgehead atoms. The van der Waals surface area contributed by atoms with Gasteiger partial charge in [-0.05, 0) is 6.92 Å². The van der Waals surface area contributed by atoms with Gasteiger partial charge in [0, 0.05) is 24.3 Å². The number of hydrogen-bond donors (Lipinski definition) is 3. The smallest absolute Gasteiger partial charge is 0.260 e. The van der Waals surface area contributed by atoms with Crippen LogP contribution in [0.5, 0.6) is 0 Å². The van der Waals surface area contributed by atoms with E-state index in [1.807, 2.05) is 0 Å². The summed E-state index contributed by atoms with van der Waals surface area (Å²) < 4.78 is 25.5. The first-order valence-corrected chi connectivity index (χ1v) is 5.74. The maximum Gasteiger partial charge on any atom is 0.260 e. The van der Waals surface area contributed by atoms with Crippen molar-refractivity contribution in [3.63, 3.8) is 0 Å². The number of nitrogens with zero attached hydrogens (tertiary/aromatic N) is 1. The van der Waals surface area contributed by atoms with Crippen LogP contribution < -0.4 is 10.5 Å². The van der Waals surface area contributed by atoms with Crippen molar-refractivity contribution in [2.45, 2.75) is 25.4 Å². The highest BCUT2D eigenvalue weighted by Gasteiger charge is 2.21. The summed E-state index contributed by atoms with van der Waals surface area (Å²) in [6.45, 7) is 3.93. The van der Waals surface area contributed by atoms with Crippen LogP contribution in [0.15, 0.2) is 5.03 Å². The molecule has 0 atom stereocenters. The molecule has 1 rings (SSSR count). The largest absolute Gasteiger partial charge is 0.326 e. The molecule has 0 fully saturated rings. The number of aromatic nitrogens is 2. The molecule has 0 amide bonds. The van der Waals surface area contributed by atoms with Crippen molar-refractivity contribution in [2.75, 3.05) is 6.54 Å². The Morgan fingerprint density at radius 1 is 1.57 bits per heavy atom. The second-order valence-electron chi connectivity index (χ2n) is 2.84. The van der Waals surface area contributed by atoms with Gasteiger partial charge >= 0.3 is 0 Å². The molecule has 1 aromatic heterocycles. The lowest BCUT2D eigenvalue weighted by atomic mass is 10.3. The number of hydrogen-bond acceptors (Lipinski definition) is 4. The summed E-state index contributed by atoms with van der Waals surface area (Å²) in [7, 11) is -3.50. The third-order valence-electron chi connectivity index (χ3n) is 1.83. The second-order valence-corrected chi connectivity index (χ2v) is 4.52. The van der Waals surface area contributed by atoms with Gasteiger partial charge in [0.2, 0.25) is 0 Å². The van der Waals surface area contributed by atoms with Gasteiger partial charge in [-0.15, -0.1) is 0 Å². The number of H-pyrrole nitrogens is 1. The minimum Gasteiger partial charge on any atom is -0.326 e. The molecular formula is C7H14N4O2S. The van der Waals surface area contributed by atoms with Crippen molar-refractivity contribution in [1.29, 1.82) is 0 Å². The number of sulfonamides is 1. The van der Waals surface area contributed by atoms with Gasteiger partial charge in [-0.2, -0.15) is 5.10 Å². The summed E-state index contributed by atoms with van der Waals surface area (Å²) in [6, 6.07) is 0. The molecule has 7 heteroatoms. The first-order valence-electron chi connectivity index (χ1n) is 4.26. The fraction of sp³-hybridized carbons (Fsp3) is 0.571. The van der Waals surface area contributed by atoms with Crippen LogP contribution in [0, 0.1) is 6.92 Å². The summed E-state index contributed by atoms with van der Waals surface area (Å²) in [6.07, 6.45) is 0. The van der Waals surface area contributed by atoms with E-state index in [1.54, 1.807) is 13.8 Å². The molecular weight excluding hydrogens is 204 g/mol. The van der Waals surface area contributed by atoms with E-state index in [-0.39, 0.29) is 11.6 Å². The lowest BCUT2D eigenvalue weighted by Crippen LogP contribution is -2.25. The Morgan fingerprint density at radius 2 is 2.21 bits per heavy atom. The number of rotatable bonds is 4. The number of nitrogens with one attached hydrogen (secondary N) is 2.